The molecule has 0 saturated heterocycles. The van der Waals surface area contributed by atoms with Crippen LogP contribution in [0.3, 0.4) is 0 Å². The van der Waals surface area contributed by atoms with Crippen molar-refractivity contribution in [3.05, 3.63) is 22.7 Å². The molecule has 19 heavy (non-hydrogen) atoms. The van der Waals surface area contributed by atoms with Crippen LogP contribution in [0, 0.1) is 0 Å². The van der Waals surface area contributed by atoms with Crippen molar-refractivity contribution < 1.29 is 14.7 Å². The lowest BCUT2D eigenvalue weighted by atomic mass is 10.1. The number of nitrogens with zero attached hydrogens (tertiary/aromatic N) is 1. The van der Waals surface area contributed by atoms with E-state index in [4.69, 9.17) is 16.7 Å². The first-order chi connectivity index (χ1) is 8.95. The summed E-state index contributed by atoms with van der Waals surface area (Å²) in [4.78, 5) is 24.8. The number of fused-ring (bicyclic) bond motifs is 1. The van der Waals surface area contributed by atoms with Gasteiger partial charge in [0.2, 0.25) is 0 Å². The third-order valence-corrected chi connectivity index (χ3v) is 3.36. The van der Waals surface area contributed by atoms with Gasteiger partial charge in [-0.1, -0.05) is 11.6 Å². The summed E-state index contributed by atoms with van der Waals surface area (Å²) in [6.45, 7) is 4.38. The van der Waals surface area contributed by atoms with Gasteiger partial charge >= 0.3 is 0 Å². The molecule has 0 aromatic heterocycles. The maximum atomic E-state index is 11.6. The van der Waals surface area contributed by atoms with Crippen LogP contribution in [0.4, 0.5) is 11.4 Å². The summed E-state index contributed by atoms with van der Waals surface area (Å²) in [7, 11) is 0. The van der Waals surface area contributed by atoms with Crippen LogP contribution in [0.2, 0.25) is 5.02 Å². The summed E-state index contributed by atoms with van der Waals surface area (Å²) in [5.41, 5.74) is 1.46. The first kappa shape index (κ1) is 13.8. The number of hydrogen-bond donors (Lipinski definition) is 2. The van der Waals surface area contributed by atoms with Crippen molar-refractivity contribution in [3.8, 4) is 0 Å². The number of benzene rings is 1. The fraction of sp³-hybridized carbons (Fsp3) is 0.385. The van der Waals surface area contributed by atoms with Gasteiger partial charge in [0.15, 0.2) is 0 Å². The number of aliphatic hydroxyl groups is 1. The minimum absolute atomic E-state index is 0.00309. The minimum Gasteiger partial charge on any atom is -0.395 e. The number of ketones is 1. The molecule has 102 valence electrons. The molecule has 0 aliphatic carbocycles. The van der Waals surface area contributed by atoms with E-state index < -0.39 is 11.7 Å². The van der Waals surface area contributed by atoms with Crippen LogP contribution in [0.25, 0.3) is 0 Å². The lowest BCUT2D eigenvalue weighted by Crippen LogP contribution is -2.33. The second kappa shape index (κ2) is 5.19. The van der Waals surface area contributed by atoms with E-state index in [-0.39, 0.29) is 12.6 Å². The molecule has 0 bridgehead atoms. The molecule has 0 unspecified atom stereocenters. The molecule has 1 aliphatic heterocycles. The Morgan fingerprint density at radius 3 is 2.63 bits per heavy atom. The molecule has 0 radical (unpaired) electrons. The summed E-state index contributed by atoms with van der Waals surface area (Å²) < 4.78 is 0. The Hall–Kier alpha value is -1.59. The molecule has 1 heterocycles. The molecule has 1 amide bonds. The van der Waals surface area contributed by atoms with E-state index in [2.05, 4.69) is 5.32 Å². The molecule has 2 N–H and O–H groups in total. The number of aliphatic hydroxyl groups excluding tert-OH is 1. The predicted molar refractivity (Wildman–Crippen MR) is 74.0 cm³/mol. The molecule has 1 aromatic rings. The normalized spacial score (nSPS) is 13.7. The Morgan fingerprint density at radius 1 is 1.37 bits per heavy atom. The Kier molecular flexibility index (Phi) is 3.78. The highest BCUT2D eigenvalue weighted by Crippen LogP contribution is 2.35. The van der Waals surface area contributed by atoms with Crippen molar-refractivity contribution >= 4 is 34.7 Å². The average Bonchev–Trinajstić information content (AvgIpc) is 2.62. The molecule has 1 aliphatic rings. The van der Waals surface area contributed by atoms with Crippen molar-refractivity contribution in [2.24, 2.45) is 0 Å². The third-order valence-electron chi connectivity index (χ3n) is 3.06. The predicted octanol–water partition coefficient (Wildman–Crippen LogP) is 1.68. The second-order valence-corrected chi connectivity index (χ2v) is 5.05. The summed E-state index contributed by atoms with van der Waals surface area (Å²) in [5, 5.41) is 12.0. The topological polar surface area (TPSA) is 69.6 Å². The molecule has 5 nitrogen and oxygen atoms in total. The molecular weight excluding hydrogens is 268 g/mol. The van der Waals surface area contributed by atoms with E-state index in [1.165, 1.54) is 6.07 Å². The molecule has 0 spiro atoms. The molecule has 0 fully saturated rings. The van der Waals surface area contributed by atoms with Crippen LogP contribution in [-0.4, -0.2) is 36.0 Å². The zero-order valence-corrected chi connectivity index (χ0v) is 11.5. The van der Waals surface area contributed by atoms with Gasteiger partial charge in [0.05, 0.1) is 28.6 Å². The number of halogens is 1. The Labute approximate surface area is 116 Å². The van der Waals surface area contributed by atoms with E-state index in [0.717, 1.165) is 0 Å². The molecule has 1 aromatic carbocycles. The summed E-state index contributed by atoms with van der Waals surface area (Å²) >= 11 is 6.18. The van der Waals surface area contributed by atoms with Crippen LogP contribution in [0.1, 0.15) is 24.2 Å². The zero-order chi connectivity index (χ0) is 14.2. The zero-order valence-electron chi connectivity index (χ0n) is 10.7. The van der Waals surface area contributed by atoms with Crippen LogP contribution >= 0.6 is 11.6 Å². The van der Waals surface area contributed by atoms with E-state index in [9.17, 15) is 9.59 Å². The summed E-state index contributed by atoms with van der Waals surface area (Å²) in [6, 6.07) is 3.31. The lowest BCUT2D eigenvalue weighted by molar-refractivity contribution is -0.112. The summed E-state index contributed by atoms with van der Waals surface area (Å²) in [6.07, 6.45) is 0. The van der Waals surface area contributed by atoms with Crippen molar-refractivity contribution in [3.63, 3.8) is 0 Å². The van der Waals surface area contributed by atoms with Crippen LogP contribution in [0.5, 0.6) is 0 Å². The number of hydrogen-bond acceptors (Lipinski definition) is 4. The van der Waals surface area contributed by atoms with Gasteiger partial charge in [0.25, 0.3) is 11.7 Å². The smallest absolute Gasteiger partial charge is 0.296 e. The Bertz CT molecular complexity index is 543. The van der Waals surface area contributed by atoms with Gasteiger partial charge in [-0.2, -0.15) is 0 Å². The molecule has 2 rings (SSSR count). The van der Waals surface area contributed by atoms with Gasteiger partial charge in [-0.05, 0) is 26.0 Å². The maximum absolute atomic E-state index is 11.6. The first-order valence-corrected chi connectivity index (χ1v) is 6.40. The SMILES string of the molecule is CC(C)N(CCO)c1cc2c(cc1Cl)C(=O)C(=O)N2. The fourth-order valence-electron chi connectivity index (χ4n) is 2.14. The number of rotatable bonds is 4. The van der Waals surface area contributed by atoms with Crippen molar-refractivity contribution in [1.82, 2.24) is 0 Å². The van der Waals surface area contributed by atoms with Crippen LogP contribution in [-0.2, 0) is 4.79 Å². The monoisotopic (exact) mass is 282 g/mol. The highest BCUT2D eigenvalue weighted by molar-refractivity contribution is 6.52. The molecule has 6 heteroatoms. The maximum Gasteiger partial charge on any atom is 0.296 e. The molecule has 0 saturated carbocycles. The number of amides is 1. The standard InChI is InChI=1S/C13H15ClN2O3/c1-7(2)16(3-4-17)11-6-10-8(5-9(11)14)12(18)13(19)15-10/h5-7,17H,3-4H2,1-2H3,(H,15,18,19). The van der Waals surface area contributed by atoms with Gasteiger partial charge in [-0.15, -0.1) is 0 Å². The summed E-state index contributed by atoms with van der Waals surface area (Å²) in [5.74, 6) is -1.21. The molecular formula is C13H15ClN2O3. The highest BCUT2D eigenvalue weighted by atomic mass is 35.5. The van der Waals surface area contributed by atoms with Gasteiger partial charge < -0.3 is 15.3 Å². The number of carbonyl (C=O) groups excluding carboxylic acids is 2. The molecule has 0 atom stereocenters. The van der Waals surface area contributed by atoms with Crippen LogP contribution in [0.15, 0.2) is 12.1 Å². The van der Waals surface area contributed by atoms with Gasteiger partial charge in [-0.3, -0.25) is 9.59 Å². The number of carbonyl (C=O) groups is 2. The highest BCUT2D eigenvalue weighted by Gasteiger charge is 2.30. The van der Waals surface area contributed by atoms with Gasteiger partial charge in [-0.25, -0.2) is 0 Å². The van der Waals surface area contributed by atoms with Crippen LogP contribution < -0.4 is 10.2 Å². The van der Waals surface area contributed by atoms with Gasteiger partial charge in [0.1, 0.15) is 0 Å². The van der Waals surface area contributed by atoms with Crippen molar-refractivity contribution in [2.45, 2.75) is 19.9 Å². The van der Waals surface area contributed by atoms with Crippen molar-refractivity contribution in [2.75, 3.05) is 23.4 Å². The third kappa shape index (κ3) is 2.43. The largest absolute Gasteiger partial charge is 0.395 e. The lowest BCUT2D eigenvalue weighted by Gasteiger charge is -2.29. The number of Topliss-reactive ketones (excluding diaryl/α,β-unsaturated/α-hetero) is 1. The van der Waals surface area contributed by atoms with E-state index >= 15 is 0 Å². The first-order valence-electron chi connectivity index (χ1n) is 6.02. The Balaban J connectivity index is 2.46. The minimum atomic E-state index is -0.638. The van der Waals surface area contributed by atoms with E-state index in [1.54, 1.807) is 6.07 Å². The Morgan fingerprint density at radius 2 is 2.05 bits per heavy atom. The van der Waals surface area contributed by atoms with E-state index in [1.807, 2.05) is 18.7 Å². The second-order valence-electron chi connectivity index (χ2n) is 4.64. The number of nitrogens with one attached hydrogen (secondary N) is 1. The number of anilines is 2. The van der Waals surface area contributed by atoms with Gasteiger partial charge in [0, 0.05) is 12.6 Å². The fourth-order valence-corrected chi connectivity index (χ4v) is 2.41. The van der Waals surface area contributed by atoms with Crippen molar-refractivity contribution in [1.29, 1.82) is 0 Å². The van der Waals surface area contributed by atoms with E-state index in [0.29, 0.717) is 28.5 Å². The average molecular weight is 283 g/mol. The quantitative estimate of drug-likeness (QED) is 0.825.